The lowest BCUT2D eigenvalue weighted by Gasteiger charge is -2.25. The quantitative estimate of drug-likeness (QED) is 0.835. The monoisotopic (exact) mass is 271 g/mol. The summed E-state index contributed by atoms with van der Waals surface area (Å²) in [5, 5.41) is 4.15. The van der Waals surface area contributed by atoms with Crippen molar-refractivity contribution in [1.82, 2.24) is 5.32 Å². The summed E-state index contributed by atoms with van der Waals surface area (Å²) in [6, 6.07) is 4.58. The molecule has 1 rings (SSSR count). The summed E-state index contributed by atoms with van der Waals surface area (Å²) >= 11 is 6.10. The molecule has 0 aliphatic carbocycles. The second-order valence-corrected chi connectivity index (χ2v) is 6.25. The molecule has 0 aromatic heterocycles. The highest BCUT2D eigenvalue weighted by atomic mass is 35.5. The van der Waals surface area contributed by atoms with Gasteiger partial charge in [-0.15, -0.1) is 0 Å². The van der Waals surface area contributed by atoms with Crippen LogP contribution < -0.4 is 5.32 Å². The molecule has 18 heavy (non-hydrogen) atoms. The van der Waals surface area contributed by atoms with Crippen LogP contribution in [0.15, 0.2) is 18.2 Å². The molecule has 0 bridgehead atoms. The fourth-order valence-electron chi connectivity index (χ4n) is 1.82. The predicted octanol–water partition coefficient (Wildman–Crippen LogP) is 4.44. The average Bonchev–Trinajstić information content (AvgIpc) is 2.27. The molecule has 1 aromatic carbocycles. The Morgan fingerprint density at radius 2 is 2.00 bits per heavy atom. The molecule has 102 valence electrons. The minimum absolute atomic E-state index is 0.110. The second-order valence-electron chi connectivity index (χ2n) is 5.85. The standard InChI is InChI=1S/C15H23ClFN/c1-5-11(10-18-15(2,3)4)8-12-9-13(17)6-7-14(12)16/h6-7,9,11,18H,5,8,10H2,1-4H3. The van der Waals surface area contributed by atoms with Gasteiger partial charge in [0.25, 0.3) is 0 Å². The first-order valence-electron chi connectivity index (χ1n) is 6.50. The maximum Gasteiger partial charge on any atom is 0.123 e. The molecule has 0 saturated carbocycles. The Morgan fingerprint density at radius 1 is 1.33 bits per heavy atom. The Kier molecular flexibility index (Phi) is 5.61. The Labute approximate surface area is 115 Å². The van der Waals surface area contributed by atoms with Gasteiger partial charge in [0.1, 0.15) is 5.82 Å². The summed E-state index contributed by atoms with van der Waals surface area (Å²) < 4.78 is 13.2. The van der Waals surface area contributed by atoms with Gasteiger partial charge < -0.3 is 5.32 Å². The Balaban J connectivity index is 2.65. The van der Waals surface area contributed by atoms with E-state index in [1.807, 2.05) is 0 Å². The molecule has 0 aliphatic heterocycles. The van der Waals surface area contributed by atoms with Gasteiger partial charge in [0.05, 0.1) is 0 Å². The van der Waals surface area contributed by atoms with Crippen LogP contribution in [0.4, 0.5) is 4.39 Å². The van der Waals surface area contributed by atoms with Crippen molar-refractivity contribution in [2.24, 2.45) is 5.92 Å². The number of halogens is 2. The number of hydrogen-bond acceptors (Lipinski definition) is 1. The van der Waals surface area contributed by atoms with Crippen LogP contribution in [0.3, 0.4) is 0 Å². The van der Waals surface area contributed by atoms with Crippen molar-refractivity contribution in [3.63, 3.8) is 0 Å². The van der Waals surface area contributed by atoms with Crippen molar-refractivity contribution in [2.45, 2.75) is 46.1 Å². The molecule has 3 heteroatoms. The summed E-state index contributed by atoms with van der Waals surface area (Å²) in [6.45, 7) is 9.52. The zero-order valence-corrected chi connectivity index (χ0v) is 12.4. The van der Waals surface area contributed by atoms with E-state index in [0.717, 1.165) is 24.9 Å². The molecule has 1 aromatic rings. The van der Waals surface area contributed by atoms with Crippen molar-refractivity contribution >= 4 is 11.6 Å². The van der Waals surface area contributed by atoms with Crippen molar-refractivity contribution < 1.29 is 4.39 Å². The topological polar surface area (TPSA) is 12.0 Å². The lowest BCUT2D eigenvalue weighted by Crippen LogP contribution is -2.39. The van der Waals surface area contributed by atoms with Crippen molar-refractivity contribution in [3.05, 3.63) is 34.6 Å². The van der Waals surface area contributed by atoms with Gasteiger partial charge >= 0.3 is 0 Å². The van der Waals surface area contributed by atoms with Crippen LogP contribution in [0.5, 0.6) is 0 Å². The van der Waals surface area contributed by atoms with Gasteiger partial charge in [-0.2, -0.15) is 0 Å². The molecular weight excluding hydrogens is 249 g/mol. The third kappa shape index (κ3) is 5.36. The van der Waals surface area contributed by atoms with E-state index in [2.05, 4.69) is 33.0 Å². The number of hydrogen-bond donors (Lipinski definition) is 1. The zero-order valence-electron chi connectivity index (χ0n) is 11.7. The lowest BCUT2D eigenvalue weighted by atomic mass is 9.95. The van der Waals surface area contributed by atoms with Gasteiger partial charge in [0.15, 0.2) is 0 Å². The van der Waals surface area contributed by atoms with E-state index >= 15 is 0 Å². The van der Waals surface area contributed by atoms with Crippen LogP contribution in [0.2, 0.25) is 5.02 Å². The van der Waals surface area contributed by atoms with Gasteiger partial charge in [-0.1, -0.05) is 24.9 Å². The van der Waals surface area contributed by atoms with E-state index in [-0.39, 0.29) is 11.4 Å². The molecule has 0 fully saturated rings. The number of nitrogens with one attached hydrogen (secondary N) is 1. The van der Waals surface area contributed by atoms with Gasteiger partial charge in [-0.25, -0.2) is 4.39 Å². The third-order valence-electron chi connectivity index (χ3n) is 3.01. The van der Waals surface area contributed by atoms with Crippen molar-refractivity contribution in [1.29, 1.82) is 0 Å². The third-order valence-corrected chi connectivity index (χ3v) is 3.38. The molecule has 0 radical (unpaired) electrons. The molecule has 0 heterocycles. The van der Waals surface area contributed by atoms with Gasteiger partial charge in [0, 0.05) is 10.6 Å². The number of rotatable bonds is 5. The molecule has 1 N–H and O–H groups in total. The molecule has 0 aliphatic rings. The largest absolute Gasteiger partial charge is 0.312 e. The fourth-order valence-corrected chi connectivity index (χ4v) is 2.02. The first-order valence-corrected chi connectivity index (χ1v) is 6.88. The second kappa shape index (κ2) is 6.53. The van der Waals surface area contributed by atoms with E-state index < -0.39 is 0 Å². The van der Waals surface area contributed by atoms with E-state index in [0.29, 0.717) is 10.9 Å². The molecule has 0 amide bonds. The van der Waals surface area contributed by atoms with E-state index in [1.54, 1.807) is 12.1 Å². The maximum atomic E-state index is 13.2. The van der Waals surface area contributed by atoms with Gasteiger partial charge in [-0.05, 0) is 63.4 Å². The SMILES string of the molecule is CCC(CNC(C)(C)C)Cc1cc(F)ccc1Cl. The average molecular weight is 272 g/mol. The van der Waals surface area contributed by atoms with Crippen LogP contribution in [0, 0.1) is 11.7 Å². The van der Waals surface area contributed by atoms with Crippen LogP contribution in [-0.4, -0.2) is 12.1 Å². The molecule has 0 spiro atoms. The first-order chi connectivity index (χ1) is 8.31. The summed E-state index contributed by atoms with van der Waals surface area (Å²) in [5.74, 6) is 0.261. The highest BCUT2D eigenvalue weighted by Crippen LogP contribution is 2.21. The minimum atomic E-state index is -0.215. The normalized spacial score (nSPS) is 13.7. The Bertz CT molecular complexity index is 385. The van der Waals surface area contributed by atoms with Crippen molar-refractivity contribution in [2.75, 3.05) is 6.54 Å². The highest BCUT2D eigenvalue weighted by Gasteiger charge is 2.15. The first kappa shape index (κ1) is 15.5. The molecule has 1 atom stereocenters. The zero-order chi connectivity index (χ0) is 13.8. The summed E-state index contributed by atoms with van der Waals surface area (Å²) in [6.07, 6.45) is 1.87. The van der Waals surface area contributed by atoms with Crippen LogP contribution in [0.1, 0.15) is 39.7 Å². The van der Waals surface area contributed by atoms with Crippen LogP contribution >= 0.6 is 11.6 Å². The van der Waals surface area contributed by atoms with Crippen LogP contribution in [0.25, 0.3) is 0 Å². The van der Waals surface area contributed by atoms with Crippen molar-refractivity contribution in [3.8, 4) is 0 Å². The maximum absolute atomic E-state index is 13.2. The van der Waals surface area contributed by atoms with E-state index in [9.17, 15) is 4.39 Å². The Morgan fingerprint density at radius 3 is 2.56 bits per heavy atom. The number of benzene rings is 1. The summed E-state index contributed by atoms with van der Waals surface area (Å²) in [4.78, 5) is 0. The van der Waals surface area contributed by atoms with Gasteiger partial charge in [0.2, 0.25) is 0 Å². The van der Waals surface area contributed by atoms with E-state index in [4.69, 9.17) is 11.6 Å². The summed E-state index contributed by atoms with van der Waals surface area (Å²) in [7, 11) is 0. The lowest BCUT2D eigenvalue weighted by molar-refractivity contribution is 0.363. The van der Waals surface area contributed by atoms with Crippen LogP contribution in [-0.2, 0) is 6.42 Å². The molecule has 0 saturated heterocycles. The molecular formula is C15H23ClFN. The highest BCUT2D eigenvalue weighted by molar-refractivity contribution is 6.31. The minimum Gasteiger partial charge on any atom is -0.312 e. The molecule has 1 unspecified atom stereocenters. The smallest absolute Gasteiger partial charge is 0.123 e. The van der Waals surface area contributed by atoms with E-state index in [1.165, 1.54) is 6.07 Å². The summed E-state index contributed by atoms with van der Waals surface area (Å²) in [5.41, 5.74) is 1.01. The Hall–Kier alpha value is -0.600. The van der Waals surface area contributed by atoms with Gasteiger partial charge in [-0.3, -0.25) is 0 Å². The fraction of sp³-hybridized carbons (Fsp3) is 0.600. The molecule has 1 nitrogen and oxygen atoms in total. The predicted molar refractivity (Wildman–Crippen MR) is 76.7 cm³/mol.